The molecule has 0 saturated heterocycles. The van der Waals surface area contributed by atoms with E-state index >= 15 is 0 Å². The Balaban J connectivity index is 2.39. The normalized spacial score (nSPS) is 11.7. The molecule has 0 saturated carbocycles. The molecule has 0 spiro atoms. The van der Waals surface area contributed by atoms with Crippen LogP contribution in [0.25, 0.3) is 11.0 Å². The van der Waals surface area contributed by atoms with Gasteiger partial charge in [0, 0.05) is 13.2 Å². The molecule has 0 radical (unpaired) electrons. The Labute approximate surface area is 121 Å². The Morgan fingerprint density at radius 2 is 2.00 bits per heavy atom. The number of benzene rings is 1. The van der Waals surface area contributed by atoms with E-state index in [2.05, 4.69) is 48.4 Å². The van der Waals surface area contributed by atoms with Gasteiger partial charge < -0.3 is 9.67 Å². The highest BCUT2D eigenvalue weighted by Crippen LogP contribution is 2.19. The zero-order valence-electron chi connectivity index (χ0n) is 12.8. The van der Waals surface area contributed by atoms with Crippen molar-refractivity contribution in [2.45, 2.75) is 40.3 Å². The van der Waals surface area contributed by atoms with E-state index in [1.54, 1.807) is 0 Å². The SMILES string of the molecule is CCN(CC)Cc1nc2cc(C)ccc2n1CCCO. The fourth-order valence-electron chi connectivity index (χ4n) is 2.54. The summed E-state index contributed by atoms with van der Waals surface area (Å²) < 4.78 is 2.25. The van der Waals surface area contributed by atoms with E-state index in [0.29, 0.717) is 0 Å². The predicted octanol–water partition coefficient (Wildman–Crippen LogP) is 2.57. The van der Waals surface area contributed by atoms with Gasteiger partial charge in [-0.05, 0) is 44.1 Å². The van der Waals surface area contributed by atoms with Crippen molar-refractivity contribution in [2.24, 2.45) is 0 Å². The highest BCUT2D eigenvalue weighted by Gasteiger charge is 2.12. The third kappa shape index (κ3) is 3.19. The number of hydrogen-bond donors (Lipinski definition) is 1. The fourth-order valence-corrected chi connectivity index (χ4v) is 2.54. The number of hydrogen-bond acceptors (Lipinski definition) is 3. The molecule has 20 heavy (non-hydrogen) atoms. The summed E-state index contributed by atoms with van der Waals surface area (Å²) in [6, 6.07) is 6.40. The average molecular weight is 275 g/mol. The number of aryl methyl sites for hydroxylation is 2. The summed E-state index contributed by atoms with van der Waals surface area (Å²) in [7, 11) is 0. The second-order valence-corrected chi connectivity index (χ2v) is 5.21. The summed E-state index contributed by atoms with van der Waals surface area (Å²) in [5.41, 5.74) is 3.47. The lowest BCUT2D eigenvalue weighted by molar-refractivity contribution is 0.269. The van der Waals surface area contributed by atoms with Crippen molar-refractivity contribution in [1.82, 2.24) is 14.5 Å². The van der Waals surface area contributed by atoms with Crippen LogP contribution in [0.4, 0.5) is 0 Å². The molecule has 1 heterocycles. The van der Waals surface area contributed by atoms with Crippen molar-refractivity contribution >= 4 is 11.0 Å². The lowest BCUT2D eigenvalue weighted by atomic mass is 10.2. The molecule has 1 aromatic heterocycles. The summed E-state index contributed by atoms with van der Waals surface area (Å²) in [6.07, 6.45) is 0.768. The van der Waals surface area contributed by atoms with Crippen LogP contribution in [0.5, 0.6) is 0 Å². The molecule has 0 aliphatic carbocycles. The molecule has 0 aliphatic heterocycles. The van der Waals surface area contributed by atoms with E-state index in [1.807, 2.05) is 0 Å². The molecule has 0 unspecified atom stereocenters. The Kier molecular flexibility index (Phi) is 5.15. The maximum atomic E-state index is 9.10. The van der Waals surface area contributed by atoms with Crippen LogP contribution in [0.3, 0.4) is 0 Å². The van der Waals surface area contributed by atoms with Crippen LogP contribution in [-0.2, 0) is 13.1 Å². The van der Waals surface area contributed by atoms with E-state index in [4.69, 9.17) is 10.1 Å². The van der Waals surface area contributed by atoms with Crippen molar-refractivity contribution < 1.29 is 5.11 Å². The Morgan fingerprint density at radius 3 is 2.65 bits per heavy atom. The first-order chi connectivity index (χ1) is 9.69. The van der Waals surface area contributed by atoms with Crippen molar-refractivity contribution in [3.05, 3.63) is 29.6 Å². The lowest BCUT2D eigenvalue weighted by Crippen LogP contribution is -2.24. The fraction of sp³-hybridized carbons (Fsp3) is 0.562. The van der Waals surface area contributed by atoms with E-state index in [-0.39, 0.29) is 6.61 Å². The van der Waals surface area contributed by atoms with Gasteiger partial charge in [0.25, 0.3) is 0 Å². The zero-order valence-corrected chi connectivity index (χ0v) is 12.8. The number of fused-ring (bicyclic) bond motifs is 1. The van der Waals surface area contributed by atoms with Gasteiger partial charge in [-0.1, -0.05) is 19.9 Å². The number of imidazole rings is 1. The lowest BCUT2D eigenvalue weighted by Gasteiger charge is -2.18. The van der Waals surface area contributed by atoms with Crippen molar-refractivity contribution in [3.63, 3.8) is 0 Å². The third-order valence-electron chi connectivity index (χ3n) is 3.78. The monoisotopic (exact) mass is 275 g/mol. The molecular weight excluding hydrogens is 250 g/mol. The summed E-state index contributed by atoms with van der Waals surface area (Å²) >= 11 is 0. The smallest absolute Gasteiger partial charge is 0.124 e. The van der Waals surface area contributed by atoms with Gasteiger partial charge in [-0.15, -0.1) is 0 Å². The molecule has 0 amide bonds. The molecule has 0 fully saturated rings. The van der Waals surface area contributed by atoms with E-state index < -0.39 is 0 Å². The highest BCUT2D eigenvalue weighted by atomic mass is 16.3. The average Bonchev–Trinajstić information content (AvgIpc) is 2.78. The van der Waals surface area contributed by atoms with Crippen LogP contribution in [0.2, 0.25) is 0 Å². The topological polar surface area (TPSA) is 41.3 Å². The van der Waals surface area contributed by atoms with E-state index in [0.717, 1.165) is 43.9 Å². The molecular formula is C16H25N3O. The zero-order chi connectivity index (χ0) is 14.5. The van der Waals surface area contributed by atoms with Gasteiger partial charge in [-0.2, -0.15) is 0 Å². The third-order valence-corrected chi connectivity index (χ3v) is 3.78. The molecule has 0 bridgehead atoms. The van der Waals surface area contributed by atoms with Crippen LogP contribution < -0.4 is 0 Å². The van der Waals surface area contributed by atoms with Crippen molar-refractivity contribution in [1.29, 1.82) is 0 Å². The van der Waals surface area contributed by atoms with Gasteiger partial charge in [0.1, 0.15) is 5.82 Å². The van der Waals surface area contributed by atoms with Gasteiger partial charge in [-0.25, -0.2) is 4.98 Å². The van der Waals surface area contributed by atoms with Gasteiger partial charge in [-0.3, -0.25) is 4.90 Å². The minimum atomic E-state index is 0.218. The van der Waals surface area contributed by atoms with Crippen molar-refractivity contribution in [2.75, 3.05) is 19.7 Å². The standard InChI is InChI=1S/C16H25N3O/c1-4-18(5-2)12-16-17-14-11-13(3)7-8-15(14)19(16)9-6-10-20/h7-8,11,20H,4-6,9-10,12H2,1-3H3. The summed E-state index contributed by atoms with van der Waals surface area (Å²) in [5.74, 6) is 1.10. The van der Waals surface area contributed by atoms with E-state index in [1.165, 1.54) is 11.1 Å². The van der Waals surface area contributed by atoms with Crippen LogP contribution in [0, 0.1) is 6.92 Å². The molecule has 2 rings (SSSR count). The van der Waals surface area contributed by atoms with Crippen LogP contribution in [0.1, 0.15) is 31.7 Å². The van der Waals surface area contributed by atoms with Gasteiger partial charge in [0.15, 0.2) is 0 Å². The molecule has 1 N–H and O–H groups in total. The molecule has 1 aromatic carbocycles. The number of aliphatic hydroxyl groups excluding tert-OH is 1. The van der Waals surface area contributed by atoms with Gasteiger partial charge >= 0.3 is 0 Å². The quantitative estimate of drug-likeness (QED) is 0.844. The molecule has 0 aliphatic rings. The second kappa shape index (κ2) is 6.86. The summed E-state index contributed by atoms with van der Waals surface area (Å²) in [6.45, 7) is 10.4. The number of aromatic nitrogens is 2. The molecule has 110 valence electrons. The van der Waals surface area contributed by atoms with Crippen LogP contribution in [-0.4, -0.2) is 39.3 Å². The second-order valence-electron chi connectivity index (χ2n) is 5.21. The van der Waals surface area contributed by atoms with Crippen molar-refractivity contribution in [3.8, 4) is 0 Å². The van der Waals surface area contributed by atoms with Gasteiger partial charge in [0.2, 0.25) is 0 Å². The maximum absolute atomic E-state index is 9.10. The Morgan fingerprint density at radius 1 is 1.25 bits per heavy atom. The maximum Gasteiger partial charge on any atom is 0.124 e. The minimum absolute atomic E-state index is 0.218. The van der Waals surface area contributed by atoms with Crippen LogP contribution in [0.15, 0.2) is 18.2 Å². The molecule has 4 nitrogen and oxygen atoms in total. The first kappa shape index (κ1) is 15.0. The van der Waals surface area contributed by atoms with E-state index in [9.17, 15) is 0 Å². The summed E-state index contributed by atoms with van der Waals surface area (Å²) in [5, 5.41) is 9.10. The van der Waals surface area contributed by atoms with Crippen LogP contribution >= 0.6 is 0 Å². The number of rotatable bonds is 7. The highest BCUT2D eigenvalue weighted by molar-refractivity contribution is 5.76. The summed E-state index contributed by atoms with van der Waals surface area (Å²) in [4.78, 5) is 7.17. The predicted molar refractivity (Wildman–Crippen MR) is 82.8 cm³/mol. The molecule has 2 aromatic rings. The number of nitrogens with zero attached hydrogens (tertiary/aromatic N) is 3. The van der Waals surface area contributed by atoms with Gasteiger partial charge in [0.05, 0.1) is 17.6 Å². The molecule has 0 atom stereocenters. The first-order valence-corrected chi connectivity index (χ1v) is 7.48. The number of aliphatic hydroxyl groups is 1. The molecule has 4 heteroatoms. The Bertz CT molecular complexity index is 558. The minimum Gasteiger partial charge on any atom is -0.396 e. The largest absolute Gasteiger partial charge is 0.396 e. The Hall–Kier alpha value is -1.39. The first-order valence-electron chi connectivity index (χ1n) is 7.48.